The van der Waals surface area contributed by atoms with E-state index in [0.29, 0.717) is 18.7 Å². The summed E-state index contributed by atoms with van der Waals surface area (Å²) in [6.07, 6.45) is 2.37. The average Bonchev–Trinajstić information content (AvgIpc) is 2.83. The number of ketones is 1. The van der Waals surface area contributed by atoms with E-state index in [1.165, 1.54) is 13.2 Å². The van der Waals surface area contributed by atoms with Crippen molar-refractivity contribution in [3.63, 3.8) is 0 Å². The maximum atomic E-state index is 14.7. The minimum Gasteiger partial charge on any atom is -0.494 e. The molecule has 4 rings (SSSR count). The smallest absolute Gasteiger partial charge is 0.185 e. The summed E-state index contributed by atoms with van der Waals surface area (Å²) in [4.78, 5) is 23.2. The van der Waals surface area contributed by atoms with Crippen LogP contribution in [0.3, 0.4) is 0 Å². The van der Waals surface area contributed by atoms with Crippen molar-refractivity contribution in [2.24, 2.45) is 11.7 Å². The van der Waals surface area contributed by atoms with Gasteiger partial charge in [0.15, 0.2) is 17.3 Å². The molecule has 1 saturated heterocycles. The molecule has 10 heteroatoms. The second kappa shape index (κ2) is 10.0. The van der Waals surface area contributed by atoms with E-state index in [-0.39, 0.29) is 23.8 Å². The third-order valence-corrected chi connectivity index (χ3v) is 6.17. The highest BCUT2D eigenvalue weighted by Gasteiger charge is 2.32. The Kier molecular flexibility index (Phi) is 7.04. The van der Waals surface area contributed by atoms with E-state index in [1.807, 2.05) is 11.8 Å². The second-order valence-electron chi connectivity index (χ2n) is 8.61. The molecule has 0 bridgehead atoms. The van der Waals surface area contributed by atoms with Crippen LogP contribution in [0, 0.1) is 23.4 Å². The lowest BCUT2D eigenvalue weighted by Gasteiger charge is -2.40. The van der Waals surface area contributed by atoms with Crippen LogP contribution < -0.4 is 15.4 Å². The number of methoxy groups -OCH3 is 1. The Morgan fingerprint density at radius 3 is 2.63 bits per heavy atom. The number of pyridine rings is 2. The van der Waals surface area contributed by atoms with E-state index in [1.54, 1.807) is 18.5 Å². The topological polar surface area (TPSA) is 102 Å². The standard InChI is InChI=1S/C25H25F3N4O3/c1-13-11-32(12-17(29)25(13)34)19-7-8-30-10-14(19)9-20(33)18-5-3-16(27)24(31-18)22-15(26)4-6-21(35-2)23(22)28/h3-8,10,13,17,25,34H,9,11-12,29H2,1-2H3/t13-,17+,25+/m0/s1. The fourth-order valence-corrected chi connectivity index (χ4v) is 4.32. The van der Waals surface area contributed by atoms with Crippen LogP contribution in [0.1, 0.15) is 23.0 Å². The Balaban J connectivity index is 1.65. The van der Waals surface area contributed by atoms with Gasteiger partial charge in [0.2, 0.25) is 0 Å². The molecule has 2 aromatic heterocycles. The Hall–Kier alpha value is -3.50. The first-order chi connectivity index (χ1) is 16.7. The van der Waals surface area contributed by atoms with Gasteiger partial charge in [-0.1, -0.05) is 6.92 Å². The SMILES string of the molecule is COc1ccc(F)c(-c2nc(C(=O)Cc3cnccc3N3C[C@@H](N)[C@H](O)[C@@H](C)C3)ccc2F)c1F. The van der Waals surface area contributed by atoms with Gasteiger partial charge in [0.05, 0.1) is 18.8 Å². The van der Waals surface area contributed by atoms with Crippen molar-refractivity contribution in [1.82, 2.24) is 9.97 Å². The number of anilines is 1. The van der Waals surface area contributed by atoms with Crippen molar-refractivity contribution >= 4 is 11.5 Å². The number of nitrogens with two attached hydrogens (primary N) is 1. The molecule has 1 aliphatic heterocycles. The molecule has 1 aliphatic rings. The van der Waals surface area contributed by atoms with Crippen LogP contribution in [0.4, 0.5) is 18.9 Å². The zero-order chi connectivity index (χ0) is 25.3. The molecule has 3 heterocycles. The van der Waals surface area contributed by atoms with Crippen LogP contribution in [-0.4, -0.2) is 53.2 Å². The zero-order valence-corrected chi connectivity index (χ0v) is 19.2. The van der Waals surface area contributed by atoms with Gasteiger partial charge in [0, 0.05) is 55.1 Å². The number of aromatic nitrogens is 2. The first kappa shape index (κ1) is 24.6. The highest BCUT2D eigenvalue weighted by Crippen LogP contribution is 2.33. The van der Waals surface area contributed by atoms with Gasteiger partial charge in [0.25, 0.3) is 0 Å². The molecule has 3 N–H and O–H groups in total. The van der Waals surface area contributed by atoms with Crippen LogP contribution in [0.25, 0.3) is 11.3 Å². The van der Waals surface area contributed by atoms with Crippen molar-refractivity contribution in [3.8, 4) is 17.0 Å². The van der Waals surface area contributed by atoms with Gasteiger partial charge in [-0.3, -0.25) is 9.78 Å². The summed E-state index contributed by atoms with van der Waals surface area (Å²) < 4.78 is 48.6. The molecule has 35 heavy (non-hydrogen) atoms. The minimum atomic E-state index is -1.12. The molecule has 0 unspecified atom stereocenters. The fourth-order valence-electron chi connectivity index (χ4n) is 4.32. The molecule has 1 fully saturated rings. The number of hydrogen-bond acceptors (Lipinski definition) is 7. The number of Topliss-reactive ketones (excluding diaryl/α,β-unsaturated/α-hetero) is 1. The number of hydrogen-bond donors (Lipinski definition) is 2. The normalized spacial score (nSPS) is 20.1. The average molecular weight is 486 g/mol. The Morgan fingerprint density at radius 1 is 1.17 bits per heavy atom. The lowest BCUT2D eigenvalue weighted by atomic mass is 9.92. The highest BCUT2D eigenvalue weighted by atomic mass is 19.1. The van der Waals surface area contributed by atoms with E-state index >= 15 is 0 Å². The quantitative estimate of drug-likeness (QED) is 0.516. The largest absolute Gasteiger partial charge is 0.494 e. The molecule has 3 atom stereocenters. The van der Waals surface area contributed by atoms with Crippen LogP contribution in [0.2, 0.25) is 0 Å². The van der Waals surface area contributed by atoms with E-state index in [4.69, 9.17) is 10.5 Å². The maximum absolute atomic E-state index is 14.7. The van der Waals surface area contributed by atoms with Crippen LogP contribution in [0.15, 0.2) is 42.7 Å². The highest BCUT2D eigenvalue weighted by molar-refractivity contribution is 5.97. The molecule has 0 spiro atoms. The number of rotatable bonds is 6. The van der Waals surface area contributed by atoms with Crippen LogP contribution in [0.5, 0.6) is 5.75 Å². The van der Waals surface area contributed by atoms with Crippen molar-refractivity contribution < 1.29 is 27.8 Å². The number of carbonyl (C=O) groups is 1. The third-order valence-electron chi connectivity index (χ3n) is 6.17. The maximum Gasteiger partial charge on any atom is 0.185 e. The summed E-state index contributed by atoms with van der Waals surface area (Å²) >= 11 is 0. The Labute approximate surface area is 200 Å². The van der Waals surface area contributed by atoms with Gasteiger partial charge in [0.1, 0.15) is 23.0 Å². The molecular weight excluding hydrogens is 461 g/mol. The fraction of sp³-hybridized carbons (Fsp3) is 0.320. The number of benzene rings is 1. The third kappa shape index (κ3) is 4.85. The van der Waals surface area contributed by atoms with Gasteiger partial charge < -0.3 is 20.5 Å². The number of nitrogens with zero attached hydrogens (tertiary/aromatic N) is 3. The van der Waals surface area contributed by atoms with Gasteiger partial charge in [-0.05, 0) is 30.3 Å². The van der Waals surface area contributed by atoms with Crippen molar-refractivity contribution in [2.45, 2.75) is 25.5 Å². The molecule has 1 aromatic carbocycles. The predicted molar refractivity (Wildman–Crippen MR) is 124 cm³/mol. The van der Waals surface area contributed by atoms with Gasteiger partial charge in [-0.2, -0.15) is 0 Å². The zero-order valence-electron chi connectivity index (χ0n) is 19.2. The van der Waals surface area contributed by atoms with Crippen molar-refractivity contribution in [2.75, 3.05) is 25.1 Å². The molecule has 3 aromatic rings. The van der Waals surface area contributed by atoms with E-state index in [9.17, 15) is 23.1 Å². The predicted octanol–water partition coefficient (Wildman–Crippen LogP) is 3.14. The number of halogens is 3. The van der Waals surface area contributed by atoms with E-state index in [2.05, 4.69) is 9.97 Å². The number of aliphatic hydroxyl groups is 1. The molecular formula is C25H25F3N4O3. The number of ether oxygens (including phenoxy) is 1. The van der Waals surface area contributed by atoms with Gasteiger partial charge >= 0.3 is 0 Å². The van der Waals surface area contributed by atoms with Crippen LogP contribution >= 0.6 is 0 Å². The summed E-state index contributed by atoms with van der Waals surface area (Å²) in [5.41, 5.74) is 5.90. The van der Waals surface area contributed by atoms with Crippen molar-refractivity contribution in [1.29, 1.82) is 0 Å². The molecule has 0 saturated carbocycles. The first-order valence-corrected chi connectivity index (χ1v) is 11.0. The van der Waals surface area contributed by atoms with Crippen molar-refractivity contribution in [3.05, 3.63) is 71.4 Å². The lowest BCUT2D eigenvalue weighted by molar-refractivity contribution is 0.0784. The number of piperidine rings is 1. The molecule has 7 nitrogen and oxygen atoms in total. The molecule has 0 aliphatic carbocycles. The summed E-state index contributed by atoms with van der Waals surface area (Å²) in [5.74, 6) is -3.98. The van der Waals surface area contributed by atoms with E-state index < -0.39 is 46.6 Å². The van der Waals surface area contributed by atoms with Gasteiger partial charge in [-0.15, -0.1) is 0 Å². The molecule has 0 radical (unpaired) electrons. The summed E-state index contributed by atoms with van der Waals surface area (Å²) in [6.45, 7) is 2.82. The number of aliphatic hydroxyl groups excluding tert-OH is 1. The Bertz CT molecular complexity index is 1240. The number of carbonyl (C=O) groups excluding carboxylic acids is 1. The minimum absolute atomic E-state index is 0.0792. The molecule has 184 valence electrons. The van der Waals surface area contributed by atoms with Gasteiger partial charge in [-0.25, -0.2) is 18.2 Å². The Morgan fingerprint density at radius 2 is 1.91 bits per heavy atom. The monoisotopic (exact) mass is 486 g/mol. The van der Waals surface area contributed by atoms with E-state index in [0.717, 1.165) is 23.9 Å². The second-order valence-corrected chi connectivity index (χ2v) is 8.61. The lowest BCUT2D eigenvalue weighted by Crippen LogP contribution is -2.55. The molecule has 0 amide bonds. The summed E-state index contributed by atoms with van der Waals surface area (Å²) in [7, 11) is 1.20. The van der Waals surface area contributed by atoms with Crippen LogP contribution in [-0.2, 0) is 6.42 Å². The first-order valence-electron chi connectivity index (χ1n) is 11.0. The summed E-state index contributed by atoms with van der Waals surface area (Å²) in [6, 6.07) is 5.44. The summed E-state index contributed by atoms with van der Waals surface area (Å²) in [5, 5.41) is 10.2.